The summed E-state index contributed by atoms with van der Waals surface area (Å²) in [6.07, 6.45) is 0.467. The van der Waals surface area contributed by atoms with E-state index in [9.17, 15) is 4.39 Å². The molecule has 0 atom stereocenters. The molecular weight excluding hydrogens is 251 g/mol. The van der Waals surface area contributed by atoms with Crippen molar-refractivity contribution in [1.29, 1.82) is 5.26 Å². The topological polar surface area (TPSA) is 27.0 Å². The van der Waals surface area contributed by atoms with E-state index in [1.807, 2.05) is 43.3 Å². The van der Waals surface area contributed by atoms with Crippen LogP contribution in [0.15, 0.2) is 48.5 Å². The van der Waals surface area contributed by atoms with Crippen molar-refractivity contribution in [2.24, 2.45) is 0 Å². The van der Waals surface area contributed by atoms with Crippen LogP contribution in [0.3, 0.4) is 0 Å². The predicted molar refractivity (Wildman–Crippen MR) is 78.9 cm³/mol. The number of benzene rings is 2. The zero-order chi connectivity index (χ0) is 14.4. The summed E-state index contributed by atoms with van der Waals surface area (Å²) in [5, 5.41) is 8.79. The Labute approximate surface area is 119 Å². The van der Waals surface area contributed by atoms with Crippen molar-refractivity contribution in [3.63, 3.8) is 0 Å². The van der Waals surface area contributed by atoms with Gasteiger partial charge in [0, 0.05) is 18.8 Å². The van der Waals surface area contributed by atoms with E-state index in [0.717, 1.165) is 16.8 Å². The summed E-state index contributed by atoms with van der Waals surface area (Å²) < 4.78 is 13.2. The quantitative estimate of drug-likeness (QED) is 0.817. The average molecular weight is 268 g/mol. The monoisotopic (exact) mass is 268 g/mol. The summed E-state index contributed by atoms with van der Waals surface area (Å²) in [6, 6.07) is 17.0. The van der Waals surface area contributed by atoms with E-state index < -0.39 is 0 Å². The molecule has 0 aliphatic rings. The molecule has 0 heterocycles. The third kappa shape index (κ3) is 3.58. The molecule has 2 aromatic rings. The molecule has 20 heavy (non-hydrogen) atoms. The molecule has 0 saturated carbocycles. The molecule has 0 radical (unpaired) electrons. The molecular formula is C17H17FN2. The van der Waals surface area contributed by atoms with E-state index in [2.05, 4.69) is 11.0 Å². The molecule has 2 nitrogen and oxygen atoms in total. The van der Waals surface area contributed by atoms with Gasteiger partial charge in [0.15, 0.2) is 0 Å². The van der Waals surface area contributed by atoms with Crippen molar-refractivity contribution in [2.45, 2.75) is 19.9 Å². The van der Waals surface area contributed by atoms with Gasteiger partial charge >= 0.3 is 0 Å². The summed E-state index contributed by atoms with van der Waals surface area (Å²) in [6.45, 7) is 3.25. The Morgan fingerprint density at radius 3 is 2.55 bits per heavy atom. The van der Waals surface area contributed by atoms with E-state index in [1.165, 1.54) is 6.07 Å². The maximum absolute atomic E-state index is 13.2. The minimum atomic E-state index is -0.213. The van der Waals surface area contributed by atoms with Crippen LogP contribution in [0, 0.1) is 24.1 Å². The molecule has 0 aromatic heterocycles. The maximum atomic E-state index is 13.2. The fourth-order valence-electron chi connectivity index (χ4n) is 2.17. The van der Waals surface area contributed by atoms with E-state index in [0.29, 0.717) is 19.5 Å². The molecule has 0 spiro atoms. The standard InChI is InChI=1S/C17H17FN2/c1-14-12-16(18)9-8-15(14)13-20(11-5-10-19)17-6-3-2-4-7-17/h2-4,6-9,12H,5,11,13H2,1H3. The van der Waals surface area contributed by atoms with E-state index in [4.69, 9.17) is 5.26 Å². The number of anilines is 1. The Morgan fingerprint density at radius 2 is 1.90 bits per heavy atom. The first-order chi connectivity index (χ1) is 9.70. The Bertz CT molecular complexity index is 602. The van der Waals surface area contributed by atoms with Crippen LogP contribution >= 0.6 is 0 Å². The third-order valence-electron chi connectivity index (χ3n) is 3.28. The van der Waals surface area contributed by atoms with Crippen molar-refractivity contribution in [3.8, 4) is 6.07 Å². The number of hydrogen-bond donors (Lipinski definition) is 0. The van der Waals surface area contributed by atoms with Crippen LogP contribution in [0.25, 0.3) is 0 Å². The van der Waals surface area contributed by atoms with Crippen molar-refractivity contribution in [3.05, 3.63) is 65.5 Å². The highest BCUT2D eigenvalue weighted by Gasteiger charge is 2.09. The second-order valence-electron chi connectivity index (χ2n) is 4.74. The van der Waals surface area contributed by atoms with Crippen LogP contribution in [0.4, 0.5) is 10.1 Å². The van der Waals surface area contributed by atoms with Crippen LogP contribution in [-0.2, 0) is 6.54 Å². The SMILES string of the molecule is Cc1cc(F)ccc1CN(CCC#N)c1ccccc1. The fourth-order valence-corrected chi connectivity index (χ4v) is 2.17. The Kier molecular flexibility index (Phi) is 4.73. The summed E-state index contributed by atoms with van der Waals surface area (Å²) in [5.74, 6) is -0.213. The molecule has 0 aliphatic heterocycles. The molecule has 2 rings (SSSR count). The third-order valence-corrected chi connectivity index (χ3v) is 3.28. The zero-order valence-electron chi connectivity index (χ0n) is 11.5. The number of halogens is 1. The second-order valence-corrected chi connectivity index (χ2v) is 4.74. The van der Waals surface area contributed by atoms with Crippen LogP contribution in [0.1, 0.15) is 17.5 Å². The van der Waals surface area contributed by atoms with Gasteiger partial charge in [0.1, 0.15) is 5.82 Å². The lowest BCUT2D eigenvalue weighted by Gasteiger charge is -2.24. The minimum absolute atomic E-state index is 0.213. The fraction of sp³-hybridized carbons (Fsp3) is 0.235. The highest BCUT2D eigenvalue weighted by Crippen LogP contribution is 2.19. The highest BCUT2D eigenvalue weighted by molar-refractivity contribution is 5.47. The first-order valence-corrected chi connectivity index (χ1v) is 6.62. The molecule has 0 unspecified atom stereocenters. The minimum Gasteiger partial charge on any atom is -0.366 e. The van der Waals surface area contributed by atoms with Gasteiger partial charge in [-0.1, -0.05) is 24.3 Å². The number of nitriles is 1. The highest BCUT2D eigenvalue weighted by atomic mass is 19.1. The maximum Gasteiger partial charge on any atom is 0.123 e. The molecule has 3 heteroatoms. The van der Waals surface area contributed by atoms with Gasteiger partial charge in [0.2, 0.25) is 0 Å². The summed E-state index contributed by atoms with van der Waals surface area (Å²) >= 11 is 0. The van der Waals surface area contributed by atoms with Gasteiger partial charge in [-0.15, -0.1) is 0 Å². The van der Waals surface area contributed by atoms with Gasteiger partial charge in [-0.25, -0.2) is 4.39 Å². The normalized spacial score (nSPS) is 10.1. The molecule has 102 valence electrons. The van der Waals surface area contributed by atoms with Gasteiger partial charge in [0.05, 0.1) is 12.5 Å². The van der Waals surface area contributed by atoms with Gasteiger partial charge in [0.25, 0.3) is 0 Å². The summed E-state index contributed by atoms with van der Waals surface area (Å²) in [7, 11) is 0. The Balaban J connectivity index is 2.22. The first kappa shape index (κ1) is 14.1. The average Bonchev–Trinajstić information content (AvgIpc) is 2.46. The van der Waals surface area contributed by atoms with Gasteiger partial charge < -0.3 is 4.90 Å². The van der Waals surface area contributed by atoms with Crippen molar-refractivity contribution in [2.75, 3.05) is 11.4 Å². The van der Waals surface area contributed by atoms with Crippen molar-refractivity contribution < 1.29 is 4.39 Å². The van der Waals surface area contributed by atoms with Crippen LogP contribution in [0.2, 0.25) is 0 Å². The second kappa shape index (κ2) is 6.72. The Morgan fingerprint density at radius 1 is 1.15 bits per heavy atom. The molecule has 0 aliphatic carbocycles. The molecule has 0 saturated heterocycles. The number of nitrogens with zero attached hydrogens (tertiary/aromatic N) is 2. The van der Waals surface area contributed by atoms with E-state index >= 15 is 0 Å². The first-order valence-electron chi connectivity index (χ1n) is 6.62. The van der Waals surface area contributed by atoms with Gasteiger partial charge in [-0.3, -0.25) is 0 Å². The lowest BCUT2D eigenvalue weighted by atomic mass is 10.1. The summed E-state index contributed by atoms with van der Waals surface area (Å²) in [4.78, 5) is 2.14. The smallest absolute Gasteiger partial charge is 0.123 e. The Hall–Kier alpha value is -2.34. The van der Waals surface area contributed by atoms with E-state index in [-0.39, 0.29) is 5.82 Å². The number of hydrogen-bond acceptors (Lipinski definition) is 2. The number of rotatable bonds is 5. The largest absolute Gasteiger partial charge is 0.366 e. The molecule has 0 amide bonds. The molecule has 0 N–H and O–H groups in total. The van der Waals surface area contributed by atoms with Crippen molar-refractivity contribution >= 4 is 5.69 Å². The predicted octanol–water partition coefficient (Wildman–Crippen LogP) is 4.05. The van der Waals surface area contributed by atoms with Crippen molar-refractivity contribution in [1.82, 2.24) is 0 Å². The van der Waals surface area contributed by atoms with Crippen LogP contribution < -0.4 is 4.90 Å². The molecule has 0 fully saturated rings. The van der Waals surface area contributed by atoms with Crippen LogP contribution in [-0.4, -0.2) is 6.54 Å². The van der Waals surface area contributed by atoms with E-state index in [1.54, 1.807) is 6.07 Å². The molecule has 0 bridgehead atoms. The summed E-state index contributed by atoms with van der Waals surface area (Å²) in [5.41, 5.74) is 3.09. The van der Waals surface area contributed by atoms with Gasteiger partial charge in [-0.2, -0.15) is 5.26 Å². The van der Waals surface area contributed by atoms with Crippen LogP contribution in [0.5, 0.6) is 0 Å². The number of aryl methyl sites for hydroxylation is 1. The van der Waals surface area contributed by atoms with Gasteiger partial charge in [-0.05, 0) is 42.3 Å². The number of para-hydroxylation sites is 1. The lowest BCUT2D eigenvalue weighted by molar-refractivity contribution is 0.625. The molecule has 2 aromatic carbocycles. The zero-order valence-corrected chi connectivity index (χ0v) is 11.5. The lowest BCUT2D eigenvalue weighted by Crippen LogP contribution is -2.24.